The molecule has 2 aromatic rings. The van der Waals surface area contributed by atoms with Crippen molar-refractivity contribution < 1.29 is 0 Å². The number of hydrogen-bond donors (Lipinski definition) is 1. The number of benzene rings is 1. The van der Waals surface area contributed by atoms with Gasteiger partial charge in [0.2, 0.25) is 0 Å². The highest BCUT2D eigenvalue weighted by atomic mass is 16.1. The van der Waals surface area contributed by atoms with Crippen LogP contribution in [0.3, 0.4) is 0 Å². The Morgan fingerprint density at radius 3 is 2.21 bits per heavy atom. The summed E-state index contributed by atoms with van der Waals surface area (Å²) in [5.41, 5.74) is 6.61. The van der Waals surface area contributed by atoms with Gasteiger partial charge in [0.15, 0.2) is 0 Å². The van der Waals surface area contributed by atoms with Crippen molar-refractivity contribution in [2.45, 2.75) is 41.0 Å². The maximum atomic E-state index is 11.8. The maximum Gasteiger partial charge on any atom is 0.254 e. The number of nitrogens with zero attached hydrogens (tertiary/aromatic N) is 1. The minimum Gasteiger partial charge on any atom is -0.311 e. The SMILES string of the molecule is Cc1cc(C)c(Cc2nc(C)[nH]c(=O)c2C)c(C)c1. The lowest BCUT2D eigenvalue weighted by molar-refractivity contribution is 0.911. The predicted molar refractivity (Wildman–Crippen MR) is 77.8 cm³/mol. The monoisotopic (exact) mass is 256 g/mol. The first-order valence-electron chi connectivity index (χ1n) is 6.51. The van der Waals surface area contributed by atoms with Crippen LogP contribution in [0.5, 0.6) is 0 Å². The number of rotatable bonds is 2. The summed E-state index contributed by atoms with van der Waals surface area (Å²) in [6.45, 7) is 9.98. The second-order valence-electron chi connectivity index (χ2n) is 5.28. The Morgan fingerprint density at radius 1 is 1.05 bits per heavy atom. The fraction of sp³-hybridized carbons (Fsp3) is 0.375. The van der Waals surface area contributed by atoms with Crippen LogP contribution in [-0.4, -0.2) is 9.97 Å². The normalized spacial score (nSPS) is 10.8. The average molecular weight is 256 g/mol. The van der Waals surface area contributed by atoms with Gasteiger partial charge >= 0.3 is 0 Å². The first-order valence-corrected chi connectivity index (χ1v) is 6.51. The molecule has 0 aliphatic rings. The first kappa shape index (κ1) is 13.5. The summed E-state index contributed by atoms with van der Waals surface area (Å²) >= 11 is 0. The Balaban J connectivity index is 2.51. The summed E-state index contributed by atoms with van der Waals surface area (Å²) in [6, 6.07) is 4.36. The fourth-order valence-corrected chi connectivity index (χ4v) is 2.53. The maximum absolute atomic E-state index is 11.8. The van der Waals surface area contributed by atoms with E-state index in [-0.39, 0.29) is 5.56 Å². The molecular formula is C16H20N2O. The van der Waals surface area contributed by atoms with Gasteiger partial charge in [-0.3, -0.25) is 4.79 Å². The van der Waals surface area contributed by atoms with Crippen LogP contribution in [0.4, 0.5) is 0 Å². The van der Waals surface area contributed by atoms with E-state index in [2.05, 4.69) is 42.9 Å². The standard InChI is InChI=1S/C16H20N2O/c1-9-6-10(2)14(11(3)7-9)8-15-12(4)16(19)18-13(5)17-15/h6-7H,8H2,1-5H3,(H,17,18,19). The molecule has 0 saturated carbocycles. The summed E-state index contributed by atoms with van der Waals surface area (Å²) in [6.07, 6.45) is 0.717. The molecule has 1 aromatic heterocycles. The zero-order valence-corrected chi connectivity index (χ0v) is 12.2. The van der Waals surface area contributed by atoms with Gasteiger partial charge in [-0.2, -0.15) is 0 Å². The second-order valence-corrected chi connectivity index (χ2v) is 5.28. The molecule has 0 bridgehead atoms. The third-order valence-corrected chi connectivity index (χ3v) is 3.56. The van der Waals surface area contributed by atoms with Gasteiger partial charge in [0.1, 0.15) is 5.82 Å². The lowest BCUT2D eigenvalue weighted by atomic mass is 9.95. The van der Waals surface area contributed by atoms with Gasteiger partial charge < -0.3 is 4.98 Å². The zero-order chi connectivity index (χ0) is 14.2. The number of hydrogen-bond acceptors (Lipinski definition) is 2. The Hall–Kier alpha value is -1.90. The lowest BCUT2D eigenvalue weighted by Crippen LogP contribution is -2.17. The molecule has 3 nitrogen and oxygen atoms in total. The van der Waals surface area contributed by atoms with Crippen LogP contribution >= 0.6 is 0 Å². The van der Waals surface area contributed by atoms with Crippen molar-refractivity contribution in [3.8, 4) is 0 Å². The molecular weight excluding hydrogens is 236 g/mol. The molecule has 3 heteroatoms. The third-order valence-electron chi connectivity index (χ3n) is 3.56. The van der Waals surface area contributed by atoms with Gasteiger partial charge in [-0.05, 0) is 51.3 Å². The minimum absolute atomic E-state index is 0.0371. The van der Waals surface area contributed by atoms with E-state index in [1.165, 1.54) is 22.3 Å². The lowest BCUT2D eigenvalue weighted by Gasteiger charge is -2.12. The van der Waals surface area contributed by atoms with Crippen LogP contribution in [0, 0.1) is 34.6 Å². The van der Waals surface area contributed by atoms with Crippen LogP contribution in [-0.2, 0) is 6.42 Å². The van der Waals surface area contributed by atoms with Crippen LogP contribution < -0.4 is 5.56 Å². The van der Waals surface area contributed by atoms with Crippen molar-refractivity contribution in [1.82, 2.24) is 9.97 Å². The molecule has 1 N–H and O–H groups in total. The van der Waals surface area contributed by atoms with Crippen LogP contribution in [0.2, 0.25) is 0 Å². The van der Waals surface area contributed by atoms with Crippen molar-refractivity contribution >= 4 is 0 Å². The van der Waals surface area contributed by atoms with Crippen LogP contribution in [0.1, 0.15) is 39.3 Å². The minimum atomic E-state index is -0.0371. The molecule has 0 atom stereocenters. The number of H-pyrrole nitrogens is 1. The molecule has 0 amide bonds. The summed E-state index contributed by atoms with van der Waals surface area (Å²) in [5.74, 6) is 0.674. The molecule has 1 heterocycles. The molecule has 0 spiro atoms. The molecule has 0 aliphatic carbocycles. The first-order chi connectivity index (χ1) is 8.88. The van der Waals surface area contributed by atoms with Gasteiger partial charge in [0.25, 0.3) is 5.56 Å². The van der Waals surface area contributed by atoms with Crippen molar-refractivity contribution in [3.05, 3.63) is 61.8 Å². The zero-order valence-electron chi connectivity index (χ0n) is 12.2. The molecule has 0 aliphatic heterocycles. The highest BCUT2D eigenvalue weighted by Gasteiger charge is 2.10. The fourth-order valence-electron chi connectivity index (χ4n) is 2.53. The molecule has 0 fully saturated rings. The molecule has 0 radical (unpaired) electrons. The van der Waals surface area contributed by atoms with Gasteiger partial charge in [0.05, 0.1) is 5.69 Å². The Morgan fingerprint density at radius 2 is 1.63 bits per heavy atom. The number of nitrogens with one attached hydrogen (secondary N) is 1. The molecule has 100 valence electrons. The second kappa shape index (κ2) is 5.00. The van der Waals surface area contributed by atoms with Gasteiger partial charge in [-0.1, -0.05) is 17.7 Å². The molecule has 19 heavy (non-hydrogen) atoms. The Kier molecular flexibility index (Phi) is 3.56. The largest absolute Gasteiger partial charge is 0.311 e. The number of aryl methyl sites for hydroxylation is 4. The average Bonchev–Trinajstić information content (AvgIpc) is 2.29. The van der Waals surface area contributed by atoms with Crippen molar-refractivity contribution in [3.63, 3.8) is 0 Å². The topological polar surface area (TPSA) is 45.8 Å². The molecule has 0 unspecified atom stereocenters. The van der Waals surface area contributed by atoms with Gasteiger partial charge in [-0.15, -0.1) is 0 Å². The van der Waals surface area contributed by atoms with E-state index < -0.39 is 0 Å². The quantitative estimate of drug-likeness (QED) is 0.898. The van der Waals surface area contributed by atoms with Crippen molar-refractivity contribution in [1.29, 1.82) is 0 Å². The van der Waals surface area contributed by atoms with E-state index >= 15 is 0 Å². The molecule has 0 saturated heterocycles. The van der Waals surface area contributed by atoms with Gasteiger partial charge in [0, 0.05) is 12.0 Å². The highest BCUT2D eigenvalue weighted by molar-refractivity contribution is 5.40. The van der Waals surface area contributed by atoms with E-state index in [1.54, 1.807) is 0 Å². The predicted octanol–water partition coefficient (Wildman–Crippen LogP) is 2.90. The Labute approximate surface area is 113 Å². The summed E-state index contributed by atoms with van der Waals surface area (Å²) in [4.78, 5) is 19.0. The summed E-state index contributed by atoms with van der Waals surface area (Å²) in [5, 5.41) is 0. The van der Waals surface area contributed by atoms with E-state index in [0.29, 0.717) is 17.8 Å². The third kappa shape index (κ3) is 2.75. The smallest absolute Gasteiger partial charge is 0.254 e. The van der Waals surface area contributed by atoms with E-state index in [1.807, 2.05) is 13.8 Å². The molecule has 2 rings (SSSR count). The van der Waals surface area contributed by atoms with E-state index in [9.17, 15) is 4.79 Å². The van der Waals surface area contributed by atoms with Crippen molar-refractivity contribution in [2.24, 2.45) is 0 Å². The van der Waals surface area contributed by atoms with Crippen LogP contribution in [0.25, 0.3) is 0 Å². The van der Waals surface area contributed by atoms with E-state index in [0.717, 1.165) is 5.69 Å². The van der Waals surface area contributed by atoms with Crippen molar-refractivity contribution in [2.75, 3.05) is 0 Å². The number of aromatic nitrogens is 2. The molecule has 1 aromatic carbocycles. The summed E-state index contributed by atoms with van der Waals surface area (Å²) in [7, 11) is 0. The van der Waals surface area contributed by atoms with E-state index in [4.69, 9.17) is 0 Å². The number of aromatic amines is 1. The Bertz CT molecular complexity index is 661. The van der Waals surface area contributed by atoms with Crippen LogP contribution in [0.15, 0.2) is 16.9 Å². The summed E-state index contributed by atoms with van der Waals surface area (Å²) < 4.78 is 0. The van der Waals surface area contributed by atoms with Gasteiger partial charge in [-0.25, -0.2) is 4.98 Å². The highest BCUT2D eigenvalue weighted by Crippen LogP contribution is 2.19.